The Kier molecular flexibility index (Phi) is 8.36. The van der Waals surface area contributed by atoms with Gasteiger partial charge in [-0.2, -0.15) is 0 Å². The highest BCUT2D eigenvalue weighted by atomic mass is 33.1. The summed E-state index contributed by atoms with van der Waals surface area (Å²) in [4.78, 5) is 0.485. The highest BCUT2D eigenvalue weighted by Crippen LogP contribution is 2.45. The molecule has 0 heterocycles. The second kappa shape index (κ2) is 10.9. The van der Waals surface area contributed by atoms with Crippen molar-refractivity contribution in [3.05, 3.63) is 59.7 Å². The largest absolute Gasteiger partial charge is 0.253 e. The molecule has 2 aromatic carbocycles. The average molecular weight is 541 g/mol. The molecule has 6 nitrogen and oxygen atoms in total. The minimum atomic E-state index is -3.78. The summed E-state index contributed by atoms with van der Waals surface area (Å²) in [6, 6.07) is 13.4. The zero-order chi connectivity index (χ0) is 24.3. The van der Waals surface area contributed by atoms with Crippen LogP contribution in [0.2, 0.25) is 0 Å². The fourth-order valence-corrected chi connectivity index (χ4v) is 12.1. The van der Waals surface area contributed by atoms with Crippen LogP contribution in [0.3, 0.4) is 0 Å². The van der Waals surface area contributed by atoms with E-state index in [9.17, 15) is 16.8 Å². The lowest BCUT2D eigenvalue weighted by molar-refractivity contribution is 0.459. The van der Waals surface area contributed by atoms with Gasteiger partial charge in [0.05, 0.1) is 9.79 Å². The van der Waals surface area contributed by atoms with Gasteiger partial charge in [-0.25, -0.2) is 16.8 Å². The van der Waals surface area contributed by atoms with Gasteiger partial charge in [0.1, 0.15) is 0 Å². The fourth-order valence-electron chi connectivity index (χ4n) is 4.52. The second-order valence-electron chi connectivity index (χ2n) is 9.17. The van der Waals surface area contributed by atoms with Crippen molar-refractivity contribution in [2.75, 3.05) is 0 Å². The molecule has 4 rings (SSSR count). The maximum atomic E-state index is 13.6. The Morgan fingerprint density at radius 3 is 1.18 bits per heavy atom. The standard InChI is InChI=1S/C24H32N2O4S4/c1-19-11-15-23(16-12-19)33(27,28)25(21-7-3-4-8-21)31-32-26(22-9-5-6-10-22)34(29,30)24-17-13-20(2)14-18-24/h11-18,21-22H,3-10H2,1-2H3. The number of nitrogens with zero attached hydrogens (tertiary/aromatic N) is 2. The van der Waals surface area contributed by atoms with Gasteiger partial charge < -0.3 is 0 Å². The lowest BCUT2D eigenvalue weighted by Crippen LogP contribution is -2.36. The monoisotopic (exact) mass is 540 g/mol. The zero-order valence-electron chi connectivity index (χ0n) is 19.6. The summed E-state index contributed by atoms with van der Waals surface area (Å²) in [5.41, 5.74) is 1.98. The summed E-state index contributed by atoms with van der Waals surface area (Å²) in [7, 11) is -5.46. The predicted octanol–water partition coefficient (Wildman–Crippen LogP) is 6.08. The van der Waals surface area contributed by atoms with Crippen LogP contribution in [0, 0.1) is 13.8 Å². The van der Waals surface area contributed by atoms with Crippen LogP contribution < -0.4 is 0 Å². The Bertz CT molecular complexity index is 1070. The summed E-state index contributed by atoms with van der Waals surface area (Å²) in [5, 5.41) is 0. The van der Waals surface area contributed by atoms with E-state index < -0.39 is 20.0 Å². The highest BCUT2D eigenvalue weighted by molar-refractivity contribution is 8.76. The Morgan fingerprint density at radius 1 is 0.588 bits per heavy atom. The first-order chi connectivity index (χ1) is 16.2. The third-order valence-electron chi connectivity index (χ3n) is 6.54. The van der Waals surface area contributed by atoms with Crippen molar-refractivity contribution in [3.63, 3.8) is 0 Å². The van der Waals surface area contributed by atoms with Crippen LogP contribution in [0.25, 0.3) is 0 Å². The maximum Gasteiger partial charge on any atom is 0.253 e. The Hall–Kier alpha value is -1.04. The fraction of sp³-hybridized carbons (Fsp3) is 0.500. The molecule has 186 valence electrons. The number of rotatable bonds is 9. The van der Waals surface area contributed by atoms with Crippen molar-refractivity contribution in [1.82, 2.24) is 7.42 Å². The number of aryl methyl sites for hydroxylation is 2. The summed E-state index contributed by atoms with van der Waals surface area (Å²) in [5.74, 6) is 0. The van der Waals surface area contributed by atoms with Crippen molar-refractivity contribution < 1.29 is 16.8 Å². The normalized spacial score (nSPS) is 18.4. The molecule has 0 bridgehead atoms. The van der Waals surface area contributed by atoms with E-state index in [-0.39, 0.29) is 21.9 Å². The van der Waals surface area contributed by atoms with Crippen LogP contribution in [-0.2, 0) is 20.0 Å². The summed E-state index contributed by atoms with van der Waals surface area (Å²) in [6.45, 7) is 3.84. The molecule has 2 aliphatic carbocycles. The first-order valence-corrected chi connectivity index (χ1v) is 16.7. The molecule has 34 heavy (non-hydrogen) atoms. The van der Waals surface area contributed by atoms with Gasteiger partial charge in [-0.3, -0.25) is 0 Å². The second-order valence-corrected chi connectivity index (χ2v) is 15.2. The van der Waals surface area contributed by atoms with Gasteiger partial charge in [-0.05, 0) is 63.8 Å². The SMILES string of the molecule is Cc1ccc(S(=O)(=O)N(SSN(C2CCCC2)S(=O)(=O)c2ccc(C)cc2)C2CCCC2)cc1. The molecular weight excluding hydrogens is 509 g/mol. The van der Waals surface area contributed by atoms with E-state index in [4.69, 9.17) is 0 Å². The Balaban J connectivity index is 1.64. The first kappa shape index (κ1) is 26.0. The molecular formula is C24H32N2O4S4. The van der Waals surface area contributed by atoms with Gasteiger partial charge in [-0.1, -0.05) is 61.1 Å². The van der Waals surface area contributed by atoms with E-state index in [2.05, 4.69) is 0 Å². The van der Waals surface area contributed by atoms with Crippen molar-refractivity contribution in [3.8, 4) is 0 Å². The van der Waals surface area contributed by atoms with Gasteiger partial charge in [0.25, 0.3) is 20.0 Å². The van der Waals surface area contributed by atoms with Crippen molar-refractivity contribution in [2.24, 2.45) is 0 Å². The van der Waals surface area contributed by atoms with E-state index >= 15 is 0 Å². The van der Waals surface area contributed by atoms with Gasteiger partial charge in [-0.15, -0.1) is 7.42 Å². The third-order valence-corrected chi connectivity index (χ3v) is 14.1. The molecule has 0 atom stereocenters. The number of hydrogen-bond donors (Lipinski definition) is 0. The molecule has 0 saturated heterocycles. The van der Waals surface area contributed by atoms with Gasteiger partial charge in [0.2, 0.25) is 0 Å². The molecule has 0 aliphatic heterocycles. The quantitative estimate of drug-likeness (QED) is 0.283. The minimum Gasteiger partial charge on any atom is -0.206 e. The zero-order valence-corrected chi connectivity index (χ0v) is 22.9. The van der Waals surface area contributed by atoms with Crippen LogP contribution in [0.4, 0.5) is 0 Å². The van der Waals surface area contributed by atoms with E-state index in [1.54, 1.807) is 48.5 Å². The molecule has 2 fully saturated rings. The molecule has 2 aliphatic rings. The predicted molar refractivity (Wildman–Crippen MR) is 140 cm³/mol. The lowest BCUT2D eigenvalue weighted by atomic mass is 10.2. The van der Waals surface area contributed by atoms with Crippen LogP contribution in [-0.4, -0.2) is 36.3 Å². The molecule has 0 amide bonds. The summed E-state index contributed by atoms with van der Waals surface area (Å²) < 4.78 is 57.5. The van der Waals surface area contributed by atoms with E-state index in [1.165, 1.54) is 7.42 Å². The molecule has 0 aromatic heterocycles. The van der Waals surface area contributed by atoms with Gasteiger partial charge in [0.15, 0.2) is 0 Å². The summed E-state index contributed by atoms with van der Waals surface area (Å²) >= 11 is 0. The molecule has 0 N–H and O–H groups in total. The number of sulfonamides is 2. The van der Waals surface area contributed by atoms with Crippen LogP contribution >= 0.6 is 22.0 Å². The molecule has 0 unspecified atom stereocenters. The first-order valence-electron chi connectivity index (χ1n) is 11.8. The topological polar surface area (TPSA) is 74.8 Å². The minimum absolute atomic E-state index is 0.142. The molecule has 0 radical (unpaired) electrons. The van der Waals surface area contributed by atoms with E-state index in [1.807, 2.05) is 13.8 Å². The van der Waals surface area contributed by atoms with Crippen molar-refractivity contribution in [2.45, 2.75) is 87.1 Å². The number of benzene rings is 2. The van der Waals surface area contributed by atoms with Crippen LogP contribution in [0.5, 0.6) is 0 Å². The molecule has 10 heteroatoms. The third kappa shape index (κ3) is 5.68. The number of hydrogen-bond acceptors (Lipinski definition) is 6. The summed E-state index contributed by atoms with van der Waals surface area (Å²) in [6.07, 6.45) is 7.04. The van der Waals surface area contributed by atoms with Crippen molar-refractivity contribution in [1.29, 1.82) is 0 Å². The smallest absolute Gasteiger partial charge is 0.206 e. The Morgan fingerprint density at radius 2 is 0.882 bits per heavy atom. The molecule has 2 aromatic rings. The van der Waals surface area contributed by atoms with Crippen LogP contribution in [0.1, 0.15) is 62.5 Å². The molecule has 0 spiro atoms. The molecule has 2 saturated carbocycles. The lowest BCUT2D eigenvalue weighted by Gasteiger charge is -2.31. The van der Waals surface area contributed by atoms with Gasteiger partial charge >= 0.3 is 0 Å². The van der Waals surface area contributed by atoms with Crippen LogP contribution in [0.15, 0.2) is 58.3 Å². The average Bonchev–Trinajstić information content (AvgIpc) is 3.52. The van der Waals surface area contributed by atoms with E-state index in [0.29, 0.717) is 0 Å². The van der Waals surface area contributed by atoms with Crippen molar-refractivity contribution >= 4 is 42.0 Å². The highest BCUT2D eigenvalue weighted by Gasteiger charge is 2.39. The Labute approximate surface area is 212 Å². The van der Waals surface area contributed by atoms with E-state index in [0.717, 1.165) is 84.5 Å². The maximum absolute atomic E-state index is 13.6. The van der Waals surface area contributed by atoms with Gasteiger partial charge in [0, 0.05) is 34.0 Å².